The maximum atomic E-state index is 10.0. The van der Waals surface area contributed by atoms with Gasteiger partial charge >= 0.3 is 0 Å². The van der Waals surface area contributed by atoms with Gasteiger partial charge in [0.1, 0.15) is 0 Å². The molecule has 0 saturated heterocycles. The van der Waals surface area contributed by atoms with Gasteiger partial charge in [-0.3, -0.25) is 10.1 Å². The summed E-state index contributed by atoms with van der Waals surface area (Å²) in [7, 11) is 0. The third-order valence-corrected chi connectivity index (χ3v) is 0.967. The minimum Gasteiger partial charge on any atom is -0.258 e. The molecule has 0 unspecified atom stereocenters. The van der Waals surface area contributed by atoms with Crippen LogP contribution in [0.1, 0.15) is 0 Å². The summed E-state index contributed by atoms with van der Waals surface area (Å²) in [6.07, 6.45) is 0. The van der Waals surface area contributed by atoms with Gasteiger partial charge in [-0.25, -0.2) is 0 Å². The first-order chi connectivity index (χ1) is 4.30. The fraction of sp³-hybridized carbons (Fsp3) is 0. The second kappa shape index (κ2) is 4.07. The van der Waals surface area contributed by atoms with Gasteiger partial charge in [0, 0.05) is 30.1 Å². The van der Waals surface area contributed by atoms with E-state index in [2.05, 4.69) is 0 Å². The van der Waals surface area contributed by atoms with Crippen LogP contribution in [0.15, 0.2) is 30.3 Å². The molecule has 0 aromatic heterocycles. The third-order valence-electron chi connectivity index (χ3n) is 0.967. The summed E-state index contributed by atoms with van der Waals surface area (Å²) in [5.41, 5.74) is 0.137. The number of rotatable bonds is 1. The summed E-state index contributed by atoms with van der Waals surface area (Å²) >= 11 is 0. The average Bonchev–Trinajstić information content (AvgIpc) is 1.90. The Labute approximate surface area is 69.5 Å². The molecule has 3 nitrogen and oxygen atoms in total. The van der Waals surface area contributed by atoms with E-state index in [9.17, 15) is 10.1 Å². The zero-order chi connectivity index (χ0) is 6.69. The van der Waals surface area contributed by atoms with Gasteiger partial charge in [0.2, 0.25) is 0 Å². The van der Waals surface area contributed by atoms with Gasteiger partial charge in [-0.1, -0.05) is 18.2 Å². The minimum atomic E-state index is -0.417. The molecular formula is C6H5AsNO2. The molecule has 1 aromatic rings. The average molecular weight is 198 g/mol. The van der Waals surface area contributed by atoms with Crippen LogP contribution in [-0.4, -0.2) is 22.9 Å². The fourth-order valence-electron chi connectivity index (χ4n) is 0.550. The molecule has 3 radical (unpaired) electrons. The van der Waals surface area contributed by atoms with Crippen LogP contribution in [0, 0.1) is 10.1 Å². The van der Waals surface area contributed by atoms with Gasteiger partial charge in [0.15, 0.2) is 0 Å². The SMILES string of the molecule is O=[N+]([O-])c1ccccc1.[As]. The predicted octanol–water partition coefficient (Wildman–Crippen LogP) is 1.21. The summed E-state index contributed by atoms with van der Waals surface area (Å²) in [5, 5.41) is 10.0. The number of hydrogen-bond acceptors (Lipinski definition) is 2. The van der Waals surface area contributed by atoms with Crippen molar-refractivity contribution in [2.45, 2.75) is 0 Å². The van der Waals surface area contributed by atoms with Gasteiger partial charge in [-0.05, 0) is 0 Å². The maximum Gasteiger partial charge on any atom is 0.269 e. The molecule has 0 aliphatic rings. The summed E-state index contributed by atoms with van der Waals surface area (Å²) in [4.78, 5) is 9.59. The molecule has 0 atom stereocenters. The Morgan fingerprint density at radius 2 is 1.70 bits per heavy atom. The van der Waals surface area contributed by atoms with Crippen LogP contribution < -0.4 is 0 Å². The van der Waals surface area contributed by atoms with E-state index in [0.29, 0.717) is 0 Å². The Bertz CT molecular complexity index is 212. The quantitative estimate of drug-likeness (QED) is 0.386. The second-order valence-corrected chi connectivity index (χ2v) is 1.59. The Morgan fingerprint density at radius 3 is 2.00 bits per heavy atom. The van der Waals surface area contributed by atoms with Gasteiger partial charge in [0.25, 0.3) is 5.69 Å². The van der Waals surface area contributed by atoms with E-state index in [1.165, 1.54) is 12.1 Å². The van der Waals surface area contributed by atoms with E-state index in [4.69, 9.17) is 0 Å². The molecular weight excluding hydrogens is 193 g/mol. The zero-order valence-corrected chi connectivity index (χ0v) is 6.97. The zero-order valence-electron chi connectivity index (χ0n) is 5.10. The summed E-state index contributed by atoms with van der Waals surface area (Å²) in [6.45, 7) is 0. The molecule has 4 heteroatoms. The van der Waals surface area contributed by atoms with Crippen LogP contribution in [0.4, 0.5) is 5.69 Å². The Hall–Kier alpha value is -0.822. The van der Waals surface area contributed by atoms with Crippen LogP contribution in [-0.2, 0) is 0 Å². The normalized spacial score (nSPS) is 8.00. The van der Waals surface area contributed by atoms with E-state index in [0.717, 1.165) is 0 Å². The van der Waals surface area contributed by atoms with Crippen molar-refractivity contribution in [3.05, 3.63) is 40.4 Å². The number of nitro benzene ring substituents is 1. The van der Waals surface area contributed by atoms with E-state index < -0.39 is 4.92 Å². The van der Waals surface area contributed by atoms with Crippen molar-refractivity contribution in [1.82, 2.24) is 0 Å². The molecule has 0 N–H and O–H groups in total. The first kappa shape index (κ1) is 9.18. The molecule has 0 aliphatic carbocycles. The Kier molecular flexibility index (Phi) is 3.73. The molecule has 0 saturated carbocycles. The smallest absolute Gasteiger partial charge is 0.258 e. The van der Waals surface area contributed by atoms with Crippen LogP contribution in [0.2, 0.25) is 0 Å². The molecule has 0 spiro atoms. The predicted molar refractivity (Wildman–Crippen MR) is 38.9 cm³/mol. The molecule has 0 heterocycles. The molecule has 0 bridgehead atoms. The third kappa shape index (κ3) is 2.19. The van der Waals surface area contributed by atoms with Crippen LogP contribution >= 0.6 is 0 Å². The van der Waals surface area contributed by atoms with Gasteiger partial charge in [-0.15, -0.1) is 0 Å². The van der Waals surface area contributed by atoms with E-state index in [-0.39, 0.29) is 23.6 Å². The molecule has 10 heavy (non-hydrogen) atoms. The van der Waals surface area contributed by atoms with Crippen molar-refractivity contribution >= 4 is 23.6 Å². The van der Waals surface area contributed by atoms with E-state index in [1.807, 2.05) is 0 Å². The van der Waals surface area contributed by atoms with E-state index in [1.54, 1.807) is 18.2 Å². The monoisotopic (exact) mass is 198 g/mol. The summed E-state index contributed by atoms with van der Waals surface area (Å²) < 4.78 is 0. The topological polar surface area (TPSA) is 43.1 Å². The second-order valence-electron chi connectivity index (χ2n) is 1.59. The molecule has 0 fully saturated rings. The van der Waals surface area contributed by atoms with Crippen molar-refractivity contribution < 1.29 is 4.92 Å². The molecule has 1 aromatic carbocycles. The van der Waals surface area contributed by atoms with Crippen LogP contribution in [0.5, 0.6) is 0 Å². The first-order valence-corrected chi connectivity index (χ1v) is 2.50. The van der Waals surface area contributed by atoms with Crippen LogP contribution in [0.25, 0.3) is 0 Å². The standard InChI is InChI=1S/C6H5NO2.As/c8-7(9)6-4-2-1-3-5-6;/h1-5H;. The van der Waals surface area contributed by atoms with Crippen molar-refractivity contribution in [2.24, 2.45) is 0 Å². The van der Waals surface area contributed by atoms with Gasteiger partial charge < -0.3 is 0 Å². The van der Waals surface area contributed by atoms with Crippen molar-refractivity contribution in [2.75, 3.05) is 0 Å². The number of nitro groups is 1. The molecule has 1 rings (SSSR count). The fourth-order valence-corrected chi connectivity index (χ4v) is 0.550. The van der Waals surface area contributed by atoms with Crippen molar-refractivity contribution in [3.8, 4) is 0 Å². The number of nitrogens with zero attached hydrogens (tertiary/aromatic N) is 1. The summed E-state index contributed by atoms with van der Waals surface area (Å²) in [5.74, 6) is 0. The Morgan fingerprint density at radius 1 is 1.20 bits per heavy atom. The van der Waals surface area contributed by atoms with Crippen molar-refractivity contribution in [1.29, 1.82) is 0 Å². The minimum absolute atomic E-state index is 0. The van der Waals surface area contributed by atoms with E-state index >= 15 is 0 Å². The first-order valence-electron chi connectivity index (χ1n) is 2.50. The van der Waals surface area contributed by atoms with Gasteiger partial charge in [0.05, 0.1) is 4.92 Å². The van der Waals surface area contributed by atoms with Gasteiger partial charge in [-0.2, -0.15) is 0 Å². The molecule has 51 valence electrons. The molecule has 0 aliphatic heterocycles. The Balaban J connectivity index is 0.000000810. The molecule has 0 amide bonds. The van der Waals surface area contributed by atoms with Crippen molar-refractivity contribution in [3.63, 3.8) is 0 Å². The number of benzene rings is 1. The number of non-ortho nitro benzene ring substituents is 1. The summed E-state index contributed by atoms with van der Waals surface area (Å²) in [6, 6.07) is 7.93. The maximum absolute atomic E-state index is 10.0. The van der Waals surface area contributed by atoms with Crippen LogP contribution in [0.3, 0.4) is 0 Å². The number of hydrogen-bond donors (Lipinski definition) is 0. The largest absolute Gasteiger partial charge is 0.269 e. The number of para-hydroxylation sites is 1.